The first-order valence-electron chi connectivity index (χ1n) is 7.12. The van der Waals surface area contributed by atoms with Crippen LogP contribution in [0.5, 0.6) is 0 Å². The van der Waals surface area contributed by atoms with Crippen LogP contribution in [0.1, 0.15) is 6.92 Å². The molecule has 1 atom stereocenters. The Labute approximate surface area is 145 Å². The van der Waals surface area contributed by atoms with E-state index < -0.39 is 36.6 Å². The first-order valence-corrected chi connectivity index (χ1v) is 10.6. The first kappa shape index (κ1) is 19.1. The molecule has 0 spiro atoms. The molecule has 0 saturated heterocycles. The first-order chi connectivity index (χ1) is 11.5. The van der Waals surface area contributed by atoms with Crippen molar-refractivity contribution in [3.8, 4) is 0 Å². The average molecular weight is 385 g/mol. The lowest BCUT2D eigenvalue weighted by atomic mass is 10.3. The summed E-state index contributed by atoms with van der Waals surface area (Å²) in [5.41, 5.74) is 0.161. The van der Waals surface area contributed by atoms with Gasteiger partial charge >= 0.3 is 0 Å². The Balaban J connectivity index is 2.24. The van der Waals surface area contributed by atoms with Gasteiger partial charge in [0.2, 0.25) is 5.91 Å². The zero-order chi connectivity index (χ0) is 18.8. The number of hydrogen-bond acceptors (Lipinski definition) is 5. The molecule has 0 aliphatic heterocycles. The van der Waals surface area contributed by atoms with E-state index in [2.05, 4.69) is 5.32 Å². The van der Waals surface area contributed by atoms with Crippen LogP contribution < -0.4 is 5.32 Å². The van der Waals surface area contributed by atoms with Gasteiger partial charge in [0.05, 0.1) is 9.79 Å². The molecule has 2 aromatic carbocycles. The molecular formula is C16H16FNO5S2. The van der Waals surface area contributed by atoms with Crippen molar-refractivity contribution >= 4 is 31.3 Å². The second-order valence-corrected chi connectivity index (χ2v) is 9.71. The highest BCUT2D eigenvalue weighted by atomic mass is 32.2. The normalized spacial score (nSPS) is 13.2. The maximum Gasteiger partial charge on any atom is 0.242 e. The van der Waals surface area contributed by atoms with E-state index in [4.69, 9.17) is 0 Å². The molecule has 25 heavy (non-hydrogen) atoms. The zero-order valence-corrected chi connectivity index (χ0v) is 15.1. The molecule has 0 aliphatic carbocycles. The van der Waals surface area contributed by atoms with Gasteiger partial charge in [-0.25, -0.2) is 21.2 Å². The number of carbonyl (C=O) groups is 1. The Morgan fingerprint density at radius 1 is 1.00 bits per heavy atom. The van der Waals surface area contributed by atoms with Crippen molar-refractivity contribution in [1.29, 1.82) is 0 Å². The monoisotopic (exact) mass is 385 g/mol. The van der Waals surface area contributed by atoms with Crippen molar-refractivity contribution in [2.75, 3.05) is 11.6 Å². The topological polar surface area (TPSA) is 97.4 Å². The summed E-state index contributed by atoms with van der Waals surface area (Å²) >= 11 is 0. The molecule has 1 amide bonds. The van der Waals surface area contributed by atoms with Crippen LogP contribution in [0, 0.1) is 5.82 Å². The largest absolute Gasteiger partial charge is 0.325 e. The van der Waals surface area contributed by atoms with Crippen LogP contribution in [0.4, 0.5) is 10.1 Å². The van der Waals surface area contributed by atoms with E-state index in [-0.39, 0.29) is 15.5 Å². The van der Waals surface area contributed by atoms with E-state index in [1.165, 1.54) is 31.2 Å². The van der Waals surface area contributed by atoms with Gasteiger partial charge in [-0.2, -0.15) is 0 Å². The van der Waals surface area contributed by atoms with Crippen molar-refractivity contribution in [2.24, 2.45) is 0 Å². The third-order valence-electron chi connectivity index (χ3n) is 3.51. The third-order valence-corrected chi connectivity index (χ3v) is 6.69. The number of halogens is 1. The molecule has 9 heteroatoms. The van der Waals surface area contributed by atoms with Crippen molar-refractivity contribution in [3.05, 3.63) is 54.3 Å². The number of sulfone groups is 2. The smallest absolute Gasteiger partial charge is 0.242 e. The fourth-order valence-electron chi connectivity index (χ4n) is 2.02. The highest BCUT2D eigenvalue weighted by Crippen LogP contribution is 2.20. The summed E-state index contributed by atoms with van der Waals surface area (Å²) in [6.45, 7) is 1.20. The number of hydrogen-bond donors (Lipinski definition) is 1. The Bertz CT molecular complexity index is 999. The number of rotatable bonds is 5. The molecular weight excluding hydrogens is 369 g/mol. The van der Waals surface area contributed by atoms with Crippen LogP contribution in [0.3, 0.4) is 0 Å². The quantitative estimate of drug-likeness (QED) is 0.795. The minimum atomic E-state index is -4.01. The van der Waals surface area contributed by atoms with Crippen LogP contribution in [0.25, 0.3) is 0 Å². The fraction of sp³-hybridized carbons (Fsp3) is 0.188. The zero-order valence-electron chi connectivity index (χ0n) is 13.4. The summed E-state index contributed by atoms with van der Waals surface area (Å²) in [7, 11) is -7.47. The maximum absolute atomic E-state index is 12.9. The molecule has 0 aliphatic rings. The Kier molecular flexibility index (Phi) is 5.28. The standard InChI is InChI=1S/C16H16FNO5S2/c1-11(25(22,23)14-8-6-12(17)7-9-14)16(19)18-13-4-3-5-15(10-13)24(2,20)21/h3-11H,1-2H3,(H,18,19). The van der Waals surface area contributed by atoms with Crippen LogP contribution in [-0.4, -0.2) is 34.2 Å². The van der Waals surface area contributed by atoms with Gasteiger partial charge in [0.25, 0.3) is 0 Å². The number of nitrogens with one attached hydrogen (secondary N) is 1. The van der Waals surface area contributed by atoms with Gasteiger partial charge in [-0.1, -0.05) is 6.07 Å². The molecule has 2 aromatic rings. The molecule has 0 fully saturated rings. The lowest BCUT2D eigenvalue weighted by molar-refractivity contribution is -0.115. The Hall–Kier alpha value is -2.26. The molecule has 1 unspecified atom stereocenters. The predicted molar refractivity (Wildman–Crippen MR) is 91.2 cm³/mol. The Morgan fingerprint density at radius 2 is 1.60 bits per heavy atom. The minimum absolute atomic E-state index is 0.000607. The lowest BCUT2D eigenvalue weighted by Gasteiger charge is -2.14. The van der Waals surface area contributed by atoms with Crippen LogP contribution >= 0.6 is 0 Å². The van der Waals surface area contributed by atoms with Gasteiger partial charge in [-0.3, -0.25) is 4.79 Å². The summed E-state index contributed by atoms with van der Waals surface area (Å²) in [5.74, 6) is -1.41. The van der Waals surface area contributed by atoms with Crippen molar-refractivity contribution in [3.63, 3.8) is 0 Å². The number of carbonyl (C=O) groups excluding carboxylic acids is 1. The van der Waals surface area contributed by atoms with Crippen molar-refractivity contribution in [1.82, 2.24) is 0 Å². The molecule has 0 bridgehead atoms. The van der Waals surface area contributed by atoms with E-state index in [0.29, 0.717) is 0 Å². The van der Waals surface area contributed by atoms with E-state index in [9.17, 15) is 26.0 Å². The highest BCUT2D eigenvalue weighted by Gasteiger charge is 2.30. The lowest BCUT2D eigenvalue weighted by Crippen LogP contribution is -2.32. The molecule has 6 nitrogen and oxygen atoms in total. The number of anilines is 1. The number of amides is 1. The summed E-state index contributed by atoms with van der Waals surface area (Å²) < 4.78 is 60.9. The molecule has 0 saturated carbocycles. The van der Waals surface area contributed by atoms with Gasteiger partial charge in [0.15, 0.2) is 19.7 Å². The second-order valence-electron chi connectivity index (χ2n) is 5.43. The van der Waals surface area contributed by atoms with E-state index in [0.717, 1.165) is 30.5 Å². The summed E-state index contributed by atoms with van der Waals surface area (Å²) in [6, 6.07) is 9.64. The van der Waals surface area contributed by atoms with Crippen molar-refractivity contribution < 1.29 is 26.0 Å². The van der Waals surface area contributed by atoms with Gasteiger partial charge in [-0.05, 0) is 49.4 Å². The van der Waals surface area contributed by atoms with Crippen LogP contribution in [0.15, 0.2) is 58.3 Å². The van der Waals surface area contributed by atoms with Crippen molar-refractivity contribution in [2.45, 2.75) is 22.0 Å². The van der Waals surface area contributed by atoms with Gasteiger partial charge < -0.3 is 5.32 Å². The molecule has 0 radical (unpaired) electrons. The predicted octanol–water partition coefficient (Wildman–Crippen LogP) is 2.03. The van der Waals surface area contributed by atoms with Gasteiger partial charge in [0.1, 0.15) is 11.1 Å². The molecule has 0 heterocycles. The second kappa shape index (κ2) is 6.93. The van der Waals surface area contributed by atoms with Crippen LogP contribution in [0.2, 0.25) is 0 Å². The average Bonchev–Trinajstić information content (AvgIpc) is 2.54. The van der Waals surface area contributed by atoms with E-state index in [1.807, 2.05) is 0 Å². The summed E-state index contributed by atoms with van der Waals surface area (Å²) in [6.07, 6.45) is 1.02. The van der Waals surface area contributed by atoms with Crippen LogP contribution in [-0.2, 0) is 24.5 Å². The van der Waals surface area contributed by atoms with E-state index >= 15 is 0 Å². The highest BCUT2D eigenvalue weighted by molar-refractivity contribution is 7.92. The summed E-state index contributed by atoms with van der Waals surface area (Å²) in [4.78, 5) is 12.1. The minimum Gasteiger partial charge on any atom is -0.325 e. The van der Waals surface area contributed by atoms with Gasteiger partial charge in [0, 0.05) is 11.9 Å². The fourth-order valence-corrected chi connectivity index (χ4v) is 3.95. The third kappa shape index (κ3) is 4.43. The molecule has 1 N–H and O–H groups in total. The maximum atomic E-state index is 12.9. The van der Waals surface area contributed by atoms with E-state index in [1.54, 1.807) is 0 Å². The number of benzene rings is 2. The SMILES string of the molecule is CC(C(=O)Nc1cccc(S(C)(=O)=O)c1)S(=O)(=O)c1ccc(F)cc1. The Morgan fingerprint density at radius 3 is 2.16 bits per heavy atom. The summed E-state index contributed by atoms with van der Waals surface area (Å²) in [5, 5.41) is 0.940. The molecule has 2 rings (SSSR count). The molecule has 0 aromatic heterocycles. The van der Waals surface area contributed by atoms with Gasteiger partial charge in [-0.15, -0.1) is 0 Å². The molecule has 134 valence electrons.